The standard InChI is InChI=1S/C11H16N2O2/c1-7-10(15-11(2,3)14-7)9-6-8(12)4-5-13-9/h4-7,10H,1-3H3,(H2,12,13)/t7-,10?/m0/s1. The van der Waals surface area contributed by atoms with Gasteiger partial charge in [0, 0.05) is 11.9 Å². The molecule has 0 radical (unpaired) electrons. The Balaban J connectivity index is 2.25. The number of aromatic nitrogens is 1. The average molecular weight is 208 g/mol. The lowest BCUT2D eigenvalue weighted by atomic mass is 10.1. The van der Waals surface area contributed by atoms with Crippen LogP contribution in [0.25, 0.3) is 0 Å². The largest absolute Gasteiger partial charge is 0.399 e. The molecule has 4 nitrogen and oxygen atoms in total. The molecule has 2 rings (SSSR count). The topological polar surface area (TPSA) is 57.4 Å². The predicted octanol–water partition coefficient (Wildman–Crippen LogP) is 1.88. The van der Waals surface area contributed by atoms with Gasteiger partial charge in [0.15, 0.2) is 5.79 Å². The van der Waals surface area contributed by atoms with Gasteiger partial charge in [0.05, 0.1) is 11.8 Å². The van der Waals surface area contributed by atoms with Crippen molar-refractivity contribution in [2.75, 3.05) is 5.73 Å². The number of hydrogen-bond donors (Lipinski definition) is 1. The number of nitrogen functional groups attached to an aromatic ring is 1. The highest BCUT2D eigenvalue weighted by Gasteiger charge is 2.40. The molecule has 1 aliphatic rings. The third-order valence-electron chi connectivity index (χ3n) is 2.40. The van der Waals surface area contributed by atoms with E-state index in [0.29, 0.717) is 5.69 Å². The molecule has 0 bridgehead atoms. The Bertz CT molecular complexity index is 365. The maximum Gasteiger partial charge on any atom is 0.164 e. The number of anilines is 1. The first-order chi connectivity index (χ1) is 6.98. The maximum atomic E-state index is 5.76. The van der Waals surface area contributed by atoms with Gasteiger partial charge in [-0.15, -0.1) is 0 Å². The van der Waals surface area contributed by atoms with Gasteiger partial charge in [-0.3, -0.25) is 4.98 Å². The van der Waals surface area contributed by atoms with Crippen molar-refractivity contribution in [2.24, 2.45) is 0 Å². The van der Waals surface area contributed by atoms with Crippen LogP contribution in [0.2, 0.25) is 0 Å². The van der Waals surface area contributed by atoms with Crippen molar-refractivity contribution in [3.8, 4) is 0 Å². The number of rotatable bonds is 1. The Labute approximate surface area is 89.4 Å². The summed E-state index contributed by atoms with van der Waals surface area (Å²) >= 11 is 0. The monoisotopic (exact) mass is 208 g/mol. The van der Waals surface area contributed by atoms with E-state index in [9.17, 15) is 0 Å². The van der Waals surface area contributed by atoms with E-state index < -0.39 is 5.79 Å². The molecule has 1 aliphatic heterocycles. The van der Waals surface area contributed by atoms with Gasteiger partial charge >= 0.3 is 0 Å². The molecular formula is C11H16N2O2. The minimum atomic E-state index is -0.545. The molecule has 2 N–H and O–H groups in total. The zero-order chi connectivity index (χ0) is 11.1. The van der Waals surface area contributed by atoms with Gasteiger partial charge in [0.2, 0.25) is 0 Å². The molecule has 0 saturated carbocycles. The summed E-state index contributed by atoms with van der Waals surface area (Å²) < 4.78 is 11.4. The molecular weight excluding hydrogens is 192 g/mol. The highest BCUT2D eigenvalue weighted by atomic mass is 16.7. The first-order valence-electron chi connectivity index (χ1n) is 5.05. The SMILES string of the molecule is C[C@@H]1OC(C)(C)OC1c1cc(N)ccn1. The van der Waals surface area contributed by atoms with Crippen molar-refractivity contribution < 1.29 is 9.47 Å². The minimum Gasteiger partial charge on any atom is -0.399 e. The van der Waals surface area contributed by atoms with E-state index in [-0.39, 0.29) is 12.2 Å². The Kier molecular flexibility index (Phi) is 2.40. The highest BCUT2D eigenvalue weighted by molar-refractivity contribution is 5.38. The van der Waals surface area contributed by atoms with Crippen LogP contribution in [-0.4, -0.2) is 16.9 Å². The van der Waals surface area contributed by atoms with E-state index in [0.717, 1.165) is 5.69 Å². The number of nitrogens with zero attached hydrogens (tertiary/aromatic N) is 1. The number of nitrogens with two attached hydrogens (primary N) is 1. The smallest absolute Gasteiger partial charge is 0.164 e. The highest BCUT2D eigenvalue weighted by Crippen LogP contribution is 2.37. The molecule has 1 unspecified atom stereocenters. The van der Waals surface area contributed by atoms with E-state index in [4.69, 9.17) is 15.2 Å². The average Bonchev–Trinajstić information content (AvgIpc) is 2.40. The number of ether oxygens (including phenoxy) is 2. The maximum absolute atomic E-state index is 5.76. The first kappa shape index (κ1) is 10.4. The zero-order valence-corrected chi connectivity index (χ0v) is 9.23. The molecule has 4 heteroatoms. The fourth-order valence-electron chi connectivity index (χ4n) is 1.86. The van der Waals surface area contributed by atoms with E-state index in [1.165, 1.54) is 0 Å². The molecule has 0 aliphatic carbocycles. The molecule has 0 spiro atoms. The molecule has 1 aromatic rings. The van der Waals surface area contributed by atoms with Gasteiger partial charge in [-0.25, -0.2) is 0 Å². The van der Waals surface area contributed by atoms with Crippen LogP contribution in [0.4, 0.5) is 5.69 Å². The fourth-order valence-corrected chi connectivity index (χ4v) is 1.86. The van der Waals surface area contributed by atoms with Crippen LogP contribution in [0.3, 0.4) is 0 Å². The van der Waals surface area contributed by atoms with Crippen LogP contribution in [-0.2, 0) is 9.47 Å². The second-order valence-corrected chi connectivity index (χ2v) is 4.28. The summed E-state index contributed by atoms with van der Waals surface area (Å²) in [6, 6.07) is 3.58. The first-order valence-corrected chi connectivity index (χ1v) is 5.05. The summed E-state index contributed by atoms with van der Waals surface area (Å²) in [6.45, 7) is 5.77. The third-order valence-corrected chi connectivity index (χ3v) is 2.40. The van der Waals surface area contributed by atoms with Crippen molar-refractivity contribution in [1.29, 1.82) is 0 Å². The van der Waals surface area contributed by atoms with Gasteiger partial charge in [0.1, 0.15) is 6.10 Å². The molecule has 0 aromatic carbocycles. The van der Waals surface area contributed by atoms with Crippen molar-refractivity contribution in [3.05, 3.63) is 24.0 Å². The van der Waals surface area contributed by atoms with Gasteiger partial charge in [-0.05, 0) is 32.9 Å². The Morgan fingerprint density at radius 2 is 2.13 bits per heavy atom. The van der Waals surface area contributed by atoms with Crippen molar-refractivity contribution >= 4 is 5.69 Å². The molecule has 2 heterocycles. The van der Waals surface area contributed by atoms with Gasteiger partial charge in [0.25, 0.3) is 0 Å². The fraction of sp³-hybridized carbons (Fsp3) is 0.545. The normalized spacial score (nSPS) is 29.3. The molecule has 2 atom stereocenters. The van der Waals surface area contributed by atoms with Crippen LogP contribution in [0, 0.1) is 0 Å². The van der Waals surface area contributed by atoms with Gasteiger partial charge in [-0.1, -0.05) is 0 Å². The van der Waals surface area contributed by atoms with Crippen LogP contribution >= 0.6 is 0 Å². The van der Waals surface area contributed by atoms with Crippen molar-refractivity contribution in [1.82, 2.24) is 4.98 Å². The summed E-state index contributed by atoms with van der Waals surface area (Å²) in [5, 5.41) is 0. The summed E-state index contributed by atoms with van der Waals surface area (Å²) in [5.41, 5.74) is 7.22. The third kappa shape index (κ3) is 2.11. The molecule has 1 saturated heterocycles. The molecule has 0 amide bonds. The quantitative estimate of drug-likeness (QED) is 0.765. The van der Waals surface area contributed by atoms with Gasteiger partial charge < -0.3 is 15.2 Å². The lowest BCUT2D eigenvalue weighted by molar-refractivity contribution is -0.145. The Hall–Kier alpha value is -1.13. The zero-order valence-electron chi connectivity index (χ0n) is 9.23. The van der Waals surface area contributed by atoms with E-state index in [2.05, 4.69) is 4.98 Å². The molecule has 1 fully saturated rings. The molecule has 82 valence electrons. The number of hydrogen-bond acceptors (Lipinski definition) is 4. The summed E-state index contributed by atoms with van der Waals surface area (Å²) in [4.78, 5) is 4.25. The summed E-state index contributed by atoms with van der Waals surface area (Å²) in [5.74, 6) is -0.545. The van der Waals surface area contributed by atoms with Gasteiger partial charge in [-0.2, -0.15) is 0 Å². The molecule has 15 heavy (non-hydrogen) atoms. The summed E-state index contributed by atoms with van der Waals surface area (Å²) in [7, 11) is 0. The van der Waals surface area contributed by atoms with Crippen molar-refractivity contribution in [2.45, 2.75) is 38.8 Å². The van der Waals surface area contributed by atoms with E-state index in [1.807, 2.05) is 26.8 Å². The van der Waals surface area contributed by atoms with Crippen LogP contribution in [0.5, 0.6) is 0 Å². The number of pyridine rings is 1. The van der Waals surface area contributed by atoms with Crippen LogP contribution in [0.1, 0.15) is 32.6 Å². The van der Waals surface area contributed by atoms with E-state index in [1.54, 1.807) is 12.3 Å². The summed E-state index contributed by atoms with van der Waals surface area (Å²) in [6.07, 6.45) is 1.55. The Morgan fingerprint density at radius 3 is 2.67 bits per heavy atom. The molecule has 1 aromatic heterocycles. The van der Waals surface area contributed by atoms with Crippen molar-refractivity contribution in [3.63, 3.8) is 0 Å². The van der Waals surface area contributed by atoms with Crippen LogP contribution < -0.4 is 5.73 Å². The predicted molar refractivity (Wildman–Crippen MR) is 57.1 cm³/mol. The Morgan fingerprint density at radius 1 is 1.40 bits per heavy atom. The lowest BCUT2D eigenvalue weighted by Gasteiger charge is -2.16. The second kappa shape index (κ2) is 3.47. The minimum absolute atomic E-state index is 0.00528. The second-order valence-electron chi connectivity index (χ2n) is 4.28. The van der Waals surface area contributed by atoms with Crippen LogP contribution in [0.15, 0.2) is 18.3 Å². The van der Waals surface area contributed by atoms with E-state index >= 15 is 0 Å². The lowest BCUT2D eigenvalue weighted by Crippen LogP contribution is -2.20.